The standard InChI is InChI=1S/C13H19NO6S/c1-8(15)21-7-9(6-11(16)19-2)12(17)20-13(18)10-4-3-5-14-10/h9-10,14H,3-7H2,1-2H3/t9?,10-/m0/s1. The number of hydrogen-bond acceptors (Lipinski definition) is 8. The third kappa shape index (κ3) is 6.26. The second-order valence-electron chi connectivity index (χ2n) is 4.67. The van der Waals surface area contributed by atoms with Gasteiger partial charge in [0, 0.05) is 12.7 Å². The Bertz CT molecular complexity index is 419. The number of carbonyl (C=O) groups is 4. The SMILES string of the molecule is COC(=O)CC(CSC(C)=O)C(=O)OC(=O)[C@@H]1CCCN1. The van der Waals surface area contributed by atoms with E-state index in [-0.39, 0.29) is 17.3 Å². The molecule has 0 amide bonds. The minimum Gasteiger partial charge on any atom is -0.469 e. The fourth-order valence-electron chi connectivity index (χ4n) is 1.85. The lowest BCUT2D eigenvalue weighted by Gasteiger charge is -2.15. The lowest BCUT2D eigenvalue weighted by atomic mass is 10.1. The van der Waals surface area contributed by atoms with E-state index in [1.807, 2.05) is 0 Å². The van der Waals surface area contributed by atoms with Gasteiger partial charge >= 0.3 is 17.9 Å². The first-order valence-corrected chi connectivity index (χ1v) is 7.61. The molecular formula is C13H19NO6S. The summed E-state index contributed by atoms with van der Waals surface area (Å²) in [4.78, 5) is 46.0. The molecule has 1 aliphatic heterocycles. The predicted molar refractivity (Wildman–Crippen MR) is 75.4 cm³/mol. The van der Waals surface area contributed by atoms with Gasteiger partial charge in [-0.1, -0.05) is 11.8 Å². The maximum Gasteiger partial charge on any atom is 0.330 e. The van der Waals surface area contributed by atoms with Crippen LogP contribution in [0, 0.1) is 5.92 Å². The first-order valence-electron chi connectivity index (χ1n) is 6.63. The first-order chi connectivity index (χ1) is 9.93. The van der Waals surface area contributed by atoms with Gasteiger partial charge in [-0.2, -0.15) is 0 Å². The summed E-state index contributed by atoms with van der Waals surface area (Å²) < 4.78 is 9.31. The van der Waals surface area contributed by atoms with Gasteiger partial charge in [-0.25, -0.2) is 4.79 Å². The van der Waals surface area contributed by atoms with Crippen molar-refractivity contribution in [3.05, 3.63) is 0 Å². The molecule has 1 fully saturated rings. The molecule has 0 aromatic rings. The third-order valence-electron chi connectivity index (χ3n) is 3.01. The smallest absolute Gasteiger partial charge is 0.330 e. The van der Waals surface area contributed by atoms with Crippen LogP contribution in [-0.4, -0.2) is 48.5 Å². The molecule has 0 spiro atoms. The molecule has 0 saturated carbocycles. The maximum absolute atomic E-state index is 12.0. The van der Waals surface area contributed by atoms with E-state index in [1.165, 1.54) is 14.0 Å². The van der Waals surface area contributed by atoms with Gasteiger partial charge in [0.1, 0.15) is 6.04 Å². The van der Waals surface area contributed by atoms with Crippen molar-refractivity contribution < 1.29 is 28.7 Å². The zero-order valence-electron chi connectivity index (χ0n) is 12.0. The summed E-state index contributed by atoms with van der Waals surface area (Å²) in [5, 5.41) is 2.75. The number of thioether (sulfide) groups is 1. The highest BCUT2D eigenvalue weighted by Gasteiger charge is 2.30. The van der Waals surface area contributed by atoms with Gasteiger partial charge in [-0.3, -0.25) is 14.4 Å². The Balaban J connectivity index is 2.57. The zero-order valence-corrected chi connectivity index (χ0v) is 12.9. The second kappa shape index (κ2) is 8.78. The average Bonchev–Trinajstić information content (AvgIpc) is 2.96. The van der Waals surface area contributed by atoms with E-state index in [2.05, 4.69) is 10.1 Å². The Kier molecular flexibility index (Phi) is 7.38. The van der Waals surface area contributed by atoms with Crippen molar-refractivity contribution in [1.29, 1.82) is 0 Å². The van der Waals surface area contributed by atoms with Crippen molar-refractivity contribution in [3.63, 3.8) is 0 Å². The fraction of sp³-hybridized carbons (Fsp3) is 0.692. The second-order valence-corrected chi connectivity index (χ2v) is 5.87. The Hall–Kier alpha value is -1.41. The van der Waals surface area contributed by atoms with Gasteiger partial charge in [0.05, 0.1) is 19.4 Å². The summed E-state index contributed by atoms with van der Waals surface area (Å²) in [6.07, 6.45) is 1.25. The van der Waals surface area contributed by atoms with Gasteiger partial charge in [-0.15, -0.1) is 0 Å². The van der Waals surface area contributed by atoms with E-state index in [0.29, 0.717) is 13.0 Å². The van der Waals surface area contributed by atoms with Crippen molar-refractivity contribution in [1.82, 2.24) is 5.32 Å². The lowest BCUT2D eigenvalue weighted by molar-refractivity contribution is -0.165. The number of esters is 3. The molecule has 0 bridgehead atoms. The highest BCUT2D eigenvalue weighted by atomic mass is 32.2. The van der Waals surface area contributed by atoms with E-state index in [4.69, 9.17) is 4.74 Å². The van der Waals surface area contributed by atoms with Crippen LogP contribution in [0.5, 0.6) is 0 Å². The highest BCUT2D eigenvalue weighted by molar-refractivity contribution is 8.13. The van der Waals surface area contributed by atoms with Crippen molar-refractivity contribution >= 4 is 34.8 Å². The van der Waals surface area contributed by atoms with Crippen molar-refractivity contribution in [2.24, 2.45) is 5.92 Å². The molecule has 21 heavy (non-hydrogen) atoms. The normalized spacial score (nSPS) is 18.9. The summed E-state index contributed by atoms with van der Waals surface area (Å²) >= 11 is 0.905. The van der Waals surface area contributed by atoms with Gasteiger partial charge in [-0.05, 0) is 19.4 Å². The summed E-state index contributed by atoms with van der Waals surface area (Å²) in [6.45, 7) is 2.07. The molecule has 0 aromatic heterocycles. The topological polar surface area (TPSA) is 98.8 Å². The van der Waals surface area contributed by atoms with Crippen LogP contribution in [0.15, 0.2) is 0 Å². The van der Waals surface area contributed by atoms with Crippen molar-refractivity contribution in [2.45, 2.75) is 32.2 Å². The Morgan fingerprint density at radius 1 is 1.33 bits per heavy atom. The lowest BCUT2D eigenvalue weighted by Crippen LogP contribution is -2.36. The molecule has 7 nitrogen and oxygen atoms in total. The summed E-state index contributed by atoms with van der Waals surface area (Å²) in [7, 11) is 1.20. The number of ether oxygens (including phenoxy) is 2. The molecule has 1 N–H and O–H groups in total. The Morgan fingerprint density at radius 3 is 2.57 bits per heavy atom. The largest absolute Gasteiger partial charge is 0.469 e. The molecule has 1 saturated heterocycles. The van der Waals surface area contributed by atoms with Gasteiger partial charge < -0.3 is 14.8 Å². The van der Waals surface area contributed by atoms with E-state index in [9.17, 15) is 19.2 Å². The molecule has 1 unspecified atom stereocenters. The molecule has 1 aliphatic rings. The van der Waals surface area contributed by atoms with E-state index < -0.39 is 29.9 Å². The average molecular weight is 317 g/mol. The van der Waals surface area contributed by atoms with Crippen LogP contribution in [-0.2, 0) is 28.7 Å². The molecule has 2 atom stereocenters. The number of methoxy groups -OCH3 is 1. The van der Waals surface area contributed by atoms with E-state index >= 15 is 0 Å². The number of nitrogens with one attached hydrogen (secondary N) is 1. The van der Waals surface area contributed by atoms with Crippen LogP contribution in [0.25, 0.3) is 0 Å². The Labute approximate surface area is 127 Å². The molecule has 118 valence electrons. The van der Waals surface area contributed by atoms with Crippen LogP contribution in [0.4, 0.5) is 0 Å². The molecule has 1 heterocycles. The molecule has 0 aliphatic carbocycles. The number of hydrogen-bond donors (Lipinski definition) is 1. The van der Waals surface area contributed by atoms with Gasteiger partial charge in [0.15, 0.2) is 5.12 Å². The van der Waals surface area contributed by atoms with Crippen LogP contribution >= 0.6 is 11.8 Å². The zero-order chi connectivity index (χ0) is 15.8. The first kappa shape index (κ1) is 17.6. The number of carbonyl (C=O) groups excluding carboxylic acids is 4. The summed E-state index contributed by atoms with van der Waals surface area (Å²) in [6, 6.07) is -0.479. The minimum atomic E-state index is -0.878. The quantitative estimate of drug-likeness (QED) is 0.550. The maximum atomic E-state index is 12.0. The highest BCUT2D eigenvalue weighted by Crippen LogP contribution is 2.17. The molecule has 0 aromatic carbocycles. The van der Waals surface area contributed by atoms with Gasteiger partial charge in [0.25, 0.3) is 0 Å². The Morgan fingerprint density at radius 2 is 2.05 bits per heavy atom. The predicted octanol–water partition coefficient (Wildman–Crippen LogP) is 0.267. The van der Waals surface area contributed by atoms with Crippen LogP contribution in [0.3, 0.4) is 0 Å². The molecule has 8 heteroatoms. The fourth-order valence-corrected chi connectivity index (χ4v) is 2.54. The van der Waals surface area contributed by atoms with Crippen molar-refractivity contribution in [2.75, 3.05) is 19.4 Å². The van der Waals surface area contributed by atoms with E-state index in [1.54, 1.807) is 0 Å². The van der Waals surface area contributed by atoms with Crippen LogP contribution < -0.4 is 5.32 Å². The van der Waals surface area contributed by atoms with E-state index in [0.717, 1.165) is 18.2 Å². The molecular weight excluding hydrogens is 298 g/mol. The van der Waals surface area contributed by atoms with Gasteiger partial charge in [0.2, 0.25) is 0 Å². The van der Waals surface area contributed by atoms with Crippen LogP contribution in [0.2, 0.25) is 0 Å². The molecule has 1 rings (SSSR count). The summed E-state index contributed by atoms with van der Waals surface area (Å²) in [5.41, 5.74) is 0. The monoisotopic (exact) mass is 317 g/mol. The van der Waals surface area contributed by atoms with Crippen molar-refractivity contribution in [3.8, 4) is 0 Å². The molecule has 0 radical (unpaired) electrons. The van der Waals surface area contributed by atoms with Crippen LogP contribution in [0.1, 0.15) is 26.2 Å². The summed E-state index contributed by atoms with van der Waals surface area (Å²) in [5.74, 6) is -2.83. The minimum absolute atomic E-state index is 0.0780. The number of rotatable bonds is 6. The third-order valence-corrected chi connectivity index (χ3v) is 3.98.